The summed E-state index contributed by atoms with van der Waals surface area (Å²) in [7, 11) is 0. The first-order valence-corrected chi connectivity index (χ1v) is 6.99. The Morgan fingerprint density at radius 2 is 1.84 bits per heavy atom. The molecule has 0 aliphatic heterocycles. The lowest BCUT2D eigenvalue weighted by Gasteiger charge is -2.03. The third kappa shape index (κ3) is 2.50. The number of aryl methyl sites for hydroxylation is 1. The van der Waals surface area contributed by atoms with E-state index in [2.05, 4.69) is 15.0 Å². The monoisotopic (exact) mass is 287 g/mol. The summed E-state index contributed by atoms with van der Waals surface area (Å²) in [4.78, 5) is 13.1. The van der Waals surface area contributed by atoms with Crippen LogP contribution in [0.5, 0.6) is 0 Å². The molecule has 3 aromatic rings. The van der Waals surface area contributed by atoms with Gasteiger partial charge in [0.2, 0.25) is 0 Å². The summed E-state index contributed by atoms with van der Waals surface area (Å²) in [5.74, 6) is 0.626. The molecule has 0 radical (unpaired) electrons. The molecule has 0 atom stereocenters. The van der Waals surface area contributed by atoms with E-state index >= 15 is 0 Å². The van der Waals surface area contributed by atoms with Crippen LogP contribution in [0.15, 0.2) is 42.0 Å². The zero-order chi connectivity index (χ0) is 13.2. The van der Waals surface area contributed by atoms with Crippen LogP contribution in [0, 0.1) is 6.92 Å². The van der Waals surface area contributed by atoms with Crippen molar-refractivity contribution >= 4 is 22.9 Å². The van der Waals surface area contributed by atoms with Gasteiger partial charge < -0.3 is 0 Å². The molecule has 0 saturated carbocycles. The van der Waals surface area contributed by atoms with Crippen molar-refractivity contribution in [2.24, 2.45) is 0 Å². The number of nitrogens with zero attached hydrogens (tertiary/aromatic N) is 3. The maximum Gasteiger partial charge on any atom is 0.160 e. The number of hydrogen-bond acceptors (Lipinski definition) is 4. The van der Waals surface area contributed by atoms with Crippen molar-refractivity contribution in [3.05, 3.63) is 52.1 Å². The molecule has 0 spiro atoms. The van der Waals surface area contributed by atoms with E-state index in [1.54, 1.807) is 23.7 Å². The first kappa shape index (κ1) is 12.3. The zero-order valence-electron chi connectivity index (χ0n) is 10.2. The maximum absolute atomic E-state index is 6.13. The van der Waals surface area contributed by atoms with Crippen LogP contribution in [0.1, 0.15) is 5.01 Å². The van der Waals surface area contributed by atoms with Crippen molar-refractivity contribution < 1.29 is 0 Å². The molecule has 2 aromatic heterocycles. The largest absolute Gasteiger partial charge is 0.241 e. The van der Waals surface area contributed by atoms with Crippen LogP contribution < -0.4 is 0 Å². The van der Waals surface area contributed by atoms with Crippen LogP contribution in [0.25, 0.3) is 22.6 Å². The highest BCUT2D eigenvalue weighted by atomic mass is 35.5. The predicted octanol–water partition coefficient (Wildman–Crippen LogP) is 4.23. The molecule has 0 bridgehead atoms. The Kier molecular flexibility index (Phi) is 3.27. The Balaban J connectivity index is 1.97. The van der Waals surface area contributed by atoms with Gasteiger partial charge in [-0.3, -0.25) is 0 Å². The Labute approximate surface area is 120 Å². The first-order chi connectivity index (χ1) is 9.24. The van der Waals surface area contributed by atoms with Crippen LogP contribution >= 0.6 is 22.9 Å². The summed E-state index contributed by atoms with van der Waals surface area (Å²) >= 11 is 7.74. The molecular formula is C14H10ClN3S. The molecule has 0 aliphatic carbocycles. The van der Waals surface area contributed by atoms with Crippen LogP contribution in [0.4, 0.5) is 0 Å². The molecule has 5 heteroatoms. The van der Waals surface area contributed by atoms with Gasteiger partial charge in [-0.2, -0.15) is 0 Å². The number of halogens is 1. The average molecular weight is 288 g/mol. The van der Waals surface area contributed by atoms with Crippen LogP contribution in [-0.2, 0) is 0 Å². The third-order valence-electron chi connectivity index (χ3n) is 2.68. The normalized spacial score (nSPS) is 10.6. The van der Waals surface area contributed by atoms with Gasteiger partial charge in [-0.1, -0.05) is 23.7 Å². The van der Waals surface area contributed by atoms with Gasteiger partial charge in [0.1, 0.15) is 0 Å². The van der Waals surface area contributed by atoms with Gasteiger partial charge in [-0.15, -0.1) is 11.3 Å². The Hall–Kier alpha value is -1.78. The Morgan fingerprint density at radius 1 is 1.11 bits per heavy atom. The first-order valence-electron chi connectivity index (χ1n) is 5.73. The quantitative estimate of drug-likeness (QED) is 0.708. The number of hydrogen-bond donors (Lipinski definition) is 0. The minimum atomic E-state index is 0.626. The van der Waals surface area contributed by atoms with Crippen molar-refractivity contribution in [2.75, 3.05) is 0 Å². The summed E-state index contributed by atoms with van der Waals surface area (Å²) in [6.07, 6.45) is 3.56. The van der Waals surface area contributed by atoms with Gasteiger partial charge in [0, 0.05) is 28.9 Å². The molecule has 0 unspecified atom stereocenters. The van der Waals surface area contributed by atoms with E-state index in [0.717, 1.165) is 21.8 Å². The van der Waals surface area contributed by atoms with Crippen molar-refractivity contribution in [3.63, 3.8) is 0 Å². The number of thiazole rings is 1. The minimum absolute atomic E-state index is 0.626. The smallest absolute Gasteiger partial charge is 0.160 e. The Morgan fingerprint density at radius 3 is 2.47 bits per heavy atom. The third-order valence-corrected chi connectivity index (χ3v) is 3.78. The highest BCUT2D eigenvalue weighted by Gasteiger charge is 2.07. The Bertz CT molecular complexity index is 707. The number of rotatable bonds is 2. The van der Waals surface area contributed by atoms with Gasteiger partial charge >= 0.3 is 0 Å². The van der Waals surface area contributed by atoms with Crippen LogP contribution in [0.3, 0.4) is 0 Å². The van der Waals surface area contributed by atoms with Crippen LogP contribution in [-0.4, -0.2) is 15.0 Å². The van der Waals surface area contributed by atoms with Crippen molar-refractivity contribution in [3.8, 4) is 22.6 Å². The lowest BCUT2D eigenvalue weighted by molar-refractivity contribution is 1.17. The van der Waals surface area contributed by atoms with Gasteiger partial charge in [-0.05, 0) is 19.1 Å². The fourth-order valence-electron chi connectivity index (χ4n) is 1.74. The number of aromatic nitrogens is 3. The average Bonchev–Trinajstić information content (AvgIpc) is 2.86. The second-order valence-electron chi connectivity index (χ2n) is 4.03. The van der Waals surface area contributed by atoms with E-state index in [1.165, 1.54) is 0 Å². The van der Waals surface area contributed by atoms with Crippen molar-refractivity contribution in [2.45, 2.75) is 6.92 Å². The molecular weight excluding hydrogens is 278 g/mol. The summed E-state index contributed by atoms with van der Waals surface area (Å²) in [5.41, 5.74) is 2.67. The highest BCUT2D eigenvalue weighted by Crippen LogP contribution is 2.26. The minimum Gasteiger partial charge on any atom is -0.241 e. The molecule has 19 heavy (non-hydrogen) atoms. The SMILES string of the molecule is Cc1nc(-c2cnc(-c3ccccc3Cl)nc2)cs1. The van der Waals surface area contributed by atoms with E-state index in [-0.39, 0.29) is 0 Å². The van der Waals surface area contributed by atoms with E-state index in [1.807, 2.05) is 36.6 Å². The molecule has 3 rings (SSSR count). The topological polar surface area (TPSA) is 38.7 Å². The summed E-state index contributed by atoms with van der Waals surface area (Å²) < 4.78 is 0. The lowest BCUT2D eigenvalue weighted by Crippen LogP contribution is -1.90. The second-order valence-corrected chi connectivity index (χ2v) is 5.50. The molecule has 3 nitrogen and oxygen atoms in total. The highest BCUT2D eigenvalue weighted by molar-refractivity contribution is 7.09. The summed E-state index contributed by atoms with van der Waals surface area (Å²) in [5, 5.41) is 3.69. The molecule has 0 fully saturated rings. The molecule has 2 heterocycles. The van der Waals surface area contributed by atoms with Gasteiger partial charge in [0.25, 0.3) is 0 Å². The van der Waals surface area contributed by atoms with Gasteiger partial charge in [0.15, 0.2) is 5.82 Å². The van der Waals surface area contributed by atoms with E-state index in [4.69, 9.17) is 11.6 Å². The molecule has 0 aliphatic rings. The summed E-state index contributed by atoms with van der Waals surface area (Å²) in [6, 6.07) is 7.54. The molecule has 94 valence electrons. The zero-order valence-corrected chi connectivity index (χ0v) is 11.7. The van der Waals surface area contributed by atoms with E-state index < -0.39 is 0 Å². The van der Waals surface area contributed by atoms with Gasteiger partial charge in [-0.25, -0.2) is 15.0 Å². The van der Waals surface area contributed by atoms with Crippen LogP contribution in [0.2, 0.25) is 5.02 Å². The molecule has 0 N–H and O–H groups in total. The van der Waals surface area contributed by atoms with E-state index in [0.29, 0.717) is 10.8 Å². The molecule has 1 aromatic carbocycles. The van der Waals surface area contributed by atoms with Crippen molar-refractivity contribution in [1.82, 2.24) is 15.0 Å². The van der Waals surface area contributed by atoms with Crippen molar-refractivity contribution in [1.29, 1.82) is 0 Å². The predicted molar refractivity (Wildman–Crippen MR) is 78.3 cm³/mol. The molecule has 0 saturated heterocycles. The standard InChI is InChI=1S/C14H10ClN3S/c1-9-18-13(8-19-9)10-6-16-14(17-7-10)11-4-2-3-5-12(11)15/h2-8H,1H3. The molecule has 0 amide bonds. The lowest BCUT2D eigenvalue weighted by atomic mass is 10.2. The van der Waals surface area contributed by atoms with Gasteiger partial charge in [0.05, 0.1) is 15.7 Å². The maximum atomic E-state index is 6.13. The second kappa shape index (κ2) is 5.07. The fourth-order valence-corrected chi connectivity index (χ4v) is 2.58. The number of benzene rings is 1. The fraction of sp³-hybridized carbons (Fsp3) is 0.0714. The summed E-state index contributed by atoms with van der Waals surface area (Å²) in [6.45, 7) is 1.98. The van der Waals surface area contributed by atoms with E-state index in [9.17, 15) is 0 Å².